The van der Waals surface area contributed by atoms with Crippen LogP contribution in [0.2, 0.25) is 0 Å². The molecule has 0 saturated carbocycles. The van der Waals surface area contributed by atoms with Crippen LogP contribution < -0.4 is 5.32 Å². The Bertz CT molecular complexity index is 881. The molecule has 152 valence electrons. The number of nitro groups is 1. The smallest absolute Gasteiger partial charge is 0.326 e. The normalized spacial score (nSPS) is 12.4. The molecule has 0 aromatic heterocycles. The van der Waals surface area contributed by atoms with Crippen molar-refractivity contribution < 1.29 is 29.2 Å². The molecule has 0 unspecified atom stereocenters. The van der Waals surface area contributed by atoms with Gasteiger partial charge >= 0.3 is 11.9 Å². The van der Waals surface area contributed by atoms with E-state index in [9.17, 15) is 29.6 Å². The minimum Gasteiger partial charge on any atom is -0.480 e. The first-order valence-electron chi connectivity index (χ1n) is 8.82. The van der Waals surface area contributed by atoms with Crippen molar-refractivity contribution in [2.75, 3.05) is 6.61 Å². The molecule has 0 aliphatic rings. The summed E-state index contributed by atoms with van der Waals surface area (Å²) >= 11 is 0. The lowest BCUT2D eigenvalue weighted by molar-refractivity contribution is -0.384. The van der Waals surface area contributed by atoms with Crippen molar-refractivity contribution in [3.05, 3.63) is 75.8 Å². The third-order valence-corrected chi connectivity index (χ3v) is 4.21. The maximum Gasteiger partial charge on any atom is 0.326 e. The van der Waals surface area contributed by atoms with Crippen molar-refractivity contribution in [1.29, 1.82) is 0 Å². The van der Waals surface area contributed by atoms with Crippen LogP contribution in [0, 0.1) is 10.1 Å². The maximum atomic E-state index is 12.5. The van der Waals surface area contributed by atoms with Crippen molar-refractivity contribution in [1.82, 2.24) is 5.32 Å². The number of esters is 1. The topological polar surface area (TPSA) is 136 Å². The highest BCUT2D eigenvalue weighted by atomic mass is 16.6. The maximum absolute atomic E-state index is 12.5. The molecular formula is C20H20N2O7. The van der Waals surface area contributed by atoms with Gasteiger partial charge in [0.1, 0.15) is 6.04 Å². The van der Waals surface area contributed by atoms with Gasteiger partial charge in [-0.05, 0) is 24.6 Å². The molecule has 0 heterocycles. The van der Waals surface area contributed by atoms with Crippen molar-refractivity contribution in [3.63, 3.8) is 0 Å². The van der Waals surface area contributed by atoms with Crippen LogP contribution in [-0.2, 0) is 14.3 Å². The van der Waals surface area contributed by atoms with Crippen LogP contribution in [0.5, 0.6) is 0 Å². The molecule has 0 radical (unpaired) electrons. The van der Waals surface area contributed by atoms with Crippen LogP contribution in [0.25, 0.3) is 0 Å². The fraction of sp³-hybridized carbons (Fsp3) is 0.250. The molecule has 0 bridgehead atoms. The Hall–Kier alpha value is -3.75. The summed E-state index contributed by atoms with van der Waals surface area (Å²) < 4.78 is 4.92. The summed E-state index contributed by atoms with van der Waals surface area (Å²) in [4.78, 5) is 46.7. The number of nitrogens with one attached hydrogen (secondary N) is 1. The molecule has 2 atom stereocenters. The molecule has 0 fully saturated rings. The average molecular weight is 400 g/mol. The lowest BCUT2D eigenvalue weighted by atomic mass is 9.88. The third kappa shape index (κ3) is 5.86. The van der Waals surface area contributed by atoms with Gasteiger partial charge in [0.05, 0.1) is 18.0 Å². The number of ether oxygens (including phenoxy) is 1. The molecular weight excluding hydrogens is 380 g/mol. The molecule has 1 amide bonds. The number of non-ortho nitro benzene ring substituents is 1. The average Bonchev–Trinajstić information content (AvgIpc) is 2.71. The van der Waals surface area contributed by atoms with Crippen LogP contribution in [0.1, 0.15) is 35.2 Å². The number of hydrogen-bond donors (Lipinski definition) is 2. The minimum absolute atomic E-state index is 0.111. The van der Waals surface area contributed by atoms with Gasteiger partial charge in [0.2, 0.25) is 0 Å². The van der Waals surface area contributed by atoms with Crippen LogP contribution in [-0.4, -0.2) is 40.5 Å². The number of nitro benzene ring substituents is 1. The number of amides is 1. The van der Waals surface area contributed by atoms with E-state index >= 15 is 0 Å². The van der Waals surface area contributed by atoms with E-state index in [1.54, 1.807) is 25.1 Å². The Morgan fingerprint density at radius 3 is 2.24 bits per heavy atom. The summed E-state index contributed by atoms with van der Waals surface area (Å²) in [6.45, 7) is 1.73. The molecule has 0 aliphatic heterocycles. The summed E-state index contributed by atoms with van der Waals surface area (Å²) in [6.07, 6.45) is -0.322. The van der Waals surface area contributed by atoms with Gasteiger partial charge in [-0.15, -0.1) is 0 Å². The van der Waals surface area contributed by atoms with Gasteiger partial charge < -0.3 is 15.2 Å². The zero-order valence-corrected chi connectivity index (χ0v) is 15.6. The standard InChI is InChI=1S/C20H20N2O7/c1-2-29-17(23)12-16(13-8-10-15(11-9-13)22(27)28)18(20(25)26)21-19(24)14-6-4-3-5-7-14/h3-11,16,18H,2,12H2,1H3,(H,21,24)(H,25,26)/t16-,18+/m0/s1. The highest BCUT2D eigenvalue weighted by Gasteiger charge is 2.33. The van der Waals surface area contributed by atoms with Gasteiger partial charge in [0, 0.05) is 23.6 Å². The lowest BCUT2D eigenvalue weighted by Crippen LogP contribution is -2.45. The van der Waals surface area contributed by atoms with E-state index in [2.05, 4.69) is 5.32 Å². The number of rotatable bonds is 9. The monoisotopic (exact) mass is 400 g/mol. The van der Waals surface area contributed by atoms with Gasteiger partial charge in [-0.2, -0.15) is 0 Å². The van der Waals surface area contributed by atoms with Crippen LogP contribution in [0.4, 0.5) is 5.69 Å². The Kier molecular flexibility index (Phi) is 7.41. The summed E-state index contributed by atoms with van der Waals surface area (Å²) in [6, 6.07) is 11.8. The van der Waals surface area contributed by atoms with E-state index in [0.717, 1.165) is 0 Å². The number of benzene rings is 2. The molecule has 0 spiro atoms. The van der Waals surface area contributed by atoms with E-state index in [1.165, 1.54) is 36.4 Å². The fourth-order valence-corrected chi connectivity index (χ4v) is 2.82. The summed E-state index contributed by atoms with van der Waals surface area (Å²) in [5.74, 6) is -3.59. The fourth-order valence-electron chi connectivity index (χ4n) is 2.82. The first-order valence-corrected chi connectivity index (χ1v) is 8.82. The van der Waals surface area contributed by atoms with Crippen molar-refractivity contribution in [3.8, 4) is 0 Å². The number of aliphatic carboxylic acids is 1. The predicted molar refractivity (Wildman–Crippen MR) is 102 cm³/mol. The molecule has 9 nitrogen and oxygen atoms in total. The van der Waals surface area contributed by atoms with Crippen molar-refractivity contribution in [2.45, 2.75) is 25.3 Å². The predicted octanol–water partition coefficient (Wildman–Crippen LogP) is 2.51. The second-order valence-corrected chi connectivity index (χ2v) is 6.12. The zero-order chi connectivity index (χ0) is 21.4. The molecule has 2 rings (SSSR count). The van der Waals surface area contributed by atoms with Gasteiger partial charge in [0.25, 0.3) is 11.6 Å². The second kappa shape index (κ2) is 9.98. The molecule has 2 aromatic carbocycles. The number of carboxylic acid groups (broad SMARTS) is 1. The third-order valence-electron chi connectivity index (χ3n) is 4.21. The lowest BCUT2D eigenvalue weighted by Gasteiger charge is -2.25. The summed E-state index contributed by atoms with van der Waals surface area (Å²) in [5, 5.41) is 23.0. The molecule has 9 heteroatoms. The second-order valence-electron chi connectivity index (χ2n) is 6.12. The van der Waals surface area contributed by atoms with Crippen LogP contribution in [0.3, 0.4) is 0 Å². The molecule has 29 heavy (non-hydrogen) atoms. The van der Waals surface area contributed by atoms with Crippen molar-refractivity contribution >= 4 is 23.5 Å². The molecule has 0 saturated heterocycles. The number of carboxylic acids is 1. The van der Waals surface area contributed by atoms with E-state index in [4.69, 9.17) is 4.74 Å². The Labute approximate surface area is 166 Å². The SMILES string of the molecule is CCOC(=O)C[C@@H](c1ccc([N+](=O)[O-])cc1)[C@@H](NC(=O)c1ccccc1)C(=O)O. The van der Waals surface area contributed by atoms with Gasteiger partial charge in [-0.3, -0.25) is 19.7 Å². The summed E-state index contributed by atoms with van der Waals surface area (Å²) in [7, 11) is 0. The quantitative estimate of drug-likeness (QED) is 0.375. The first kappa shape index (κ1) is 21.5. The highest BCUT2D eigenvalue weighted by Crippen LogP contribution is 2.27. The molecule has 2 aromatic rings. The number of carbonyl (C=O) groups excluding carboxylic acids is 2. The van der Waals surface area contributed by atoms with E-state index < -0.39 is 34.7 Å². The number of carbonyl (C=O) groups is 3. The Morgan fingerprint density at radius 2 is 1.72 bits per heavy atom. The van der Waals surface area contributed by atoms with Crippen LogP contribution in [0.15, 0.2) is 54.6 Å². The largest absolute Gasteiger partial charge is 0.480 e. The van der Waals surface area contributed by atoms with Crippen molar-refractivity contribution in [2.24, 2.45) is 0 Å². The number of hydrogen-bond acceptors (Lipinski definition) is 6. The Morgan fingerprint density at radius 1 is 1.10 bits per heavy atom. The summed E-state index contributed by atoms with van der Waals surface area (Å²) in [5.41, 5.74) is 0.436. The van der Waals surface area contributed by atoms with Gasteiger partial charge in [-0.1, -0.05) is 30.3 Å². The minimum atomic E-state index is -1.45. The Balaban J connectivity index is 2.36. The number of nitrogens with zero attached hydrogens (tertiary/aromatic N) is 1. The molecule has 0 aliphatic carbocycles. The molecule has 2 N–H and O–H groups in total. The van der Waals surface area contributed by atoms with E-state index in [-0.39, 0.29) is 24.3 Å². The zero-order valence-electron chi connectivity index (χ0n) is 15.6. The van der Waals surface area contributed by atoms with Gasteiger partial charge in [-0.25, -0.2) is 4.79 Å². The van der Waals surface area contributed by atoms with E-state index in [1.807, 2.05) is 0 Å². The highest BCUT2D eigenvalue weighted by molar-refractivity contribution is 5.97. The van der Waals surface area contributed by atoms with Crippen LogP contribution >= 0.6 is 0 Å². The van der Waals surface area contributed by atoms with E-state index in [0.29, 0.717) is 5.56 Å². The first-order chi connectivity index (χ1) is 13.8. The van der Waals surface area contributed by atoms with Gasteiger partial charge in [0.15, 0.2) is 0 Å².